The summed E-state index contributed by atoms with van der Waals surface area (Å²) in [5.41, 5.74) is 1.56. The molecule has 0 unspecified atom stereocenters. The van der Waals surface area contributed by atoms with E-state index in [4.69, 9.17) is 4.74 Å². The second-order valence-corrected chi connectivity index (χ2v) is 8.42. The molecule has 0 aliphatic carbocycles. The Kier molecular flexibility index (Phi) is 5.29. The summed E-state index contributed by atoms with van der Waals surface area (Å²) >= 11 is 0. The average Bonchev–Trinajstić information content (AvgIpc) is 3.32. The standard InChI is InChI=1S/C22H24FN7O2/c1-22(2,3)27-20(31)14-7-6-12(9-18(14)32-5)19-26-21(30(4)29-19)25-17-8-13-11-24-28-16(13)10-15(17)23/h6-11H,1-5H3,(H,24,28)(H,27,31)(H,25,26,29). The number of aromatic nitrogens is 5. The molecule has 4 aromatic rings. The maximum absolute atomic E-state index is 14.5. The van der Waals surface area contributed by atoms with Gasteiger partial charge in [0, 0.05) is 29.6 Å². The molecule has 10 heteroatoms. The van der Waals surface area contributed by atoms with E-state index in [1.807, 2.05) is 20.8 Å². The lowest BCUT2D eigenvalue weighted by molar-refractivity contribution is 0.0916. The van der Waals surface area contributed by atoms with Gasteiger partial charge in [-0.05, 0) is 39.0 Å². The highest BCUT2D eigenvalue weighted by Crippen LogP contribution is 2.28. The maximum Gasteiger partial charge on any atom is 0.255 e. The predicted octanol–water partition coefficient (Wildman–Crippen LogP) is 3.78. The van der Waals surface area contributed by atoms with Crippen molar-refractivity contribution in [1.82, 2.24) is 30.3 Å². The van der Waals surface area contributed by atoms with Crippen LogP contribution in [-0.2, 0) is 7.05 Å². The summed E-state index contributed by atoms with van der Waals surface area (Å²) < 4.78 is 21.4. The molecule has 0 fully saturated rings. The Balaban J connectivity index is 1.63. The van der Waals surface area contributed by atoms with Gasteiger partial charge in [0.25, 0.3) is 5.91 Å². The Morgan fingerprint density at radius 1 is 1.22 bits per heavy atom. The number of rotatable bonds is 5. The second-order valence-electron chi connectivity index (χ2n) is 8.42. The van der Waals surface area contributed by atoms with Gasteiger partial charge in [-0.1, -0.05) is 6.07 Å². The van der Waals surface area contributed by atoms with E-state index in [9.17, 15) is 9.18 Å². The number of nitrogens with zero attached hydrogens (tertiary/aromatic N) is 4. The van der Waals surface area contributed by atoms with Crippen LogP contribution in [0.15, 0.2) is 36.5 Å². The van der Waals surface area contributed by atoms with Crippen LogP contribution in [0.25, 0.3) is 22.3 Å². The number of ether oxygens (including phenoxy) is 1. The first-order chi connectivity index (χ1) is 15.1. The molecule has 0 atom stereocenters. The van der Waals surface area contributed by atoms with E-state index in [2.05, 4.69) is 30.9 Å². The van der Waals surface area contributed by atoms with E-state index in [1.165, 1.54) is 17.9 Å². The highest BCUT2D eigenvalue weighted by atomic mass is 19.1. The van der Waals surface area contributed by atoms with Crippen LogP contribution in [0.3, 0.4) is 0 Å². The third-order valence-corrected chi connectivity index (χ3v) is 4.73. The quantitative estimate of drug-likeness (QED) is 0.438. The Labute approximate surface area is 184 Å². The van der Waals surface area contributed by atoms with E-state index in [0.717, 1.165) is 5.39 Å². The predicted molar refractivity (Wildman–Crippen MR) is 120 cm³/mol. The van der Waals surface area contributed by atoms with Crippen molar-refractivity contribution in [2.24, 2.45) is 7.05 Å². The van der Waals surface area contributed by atoms with E-state index >= 15 is 0 Å². The lowest BCUT2D eigenvalue weighted by Crippen LogP contribution is -2.40. The van der Waals surface area contributed by atoms with Crippen molar-refractivity contribution in [3.05, 3.63) is 47.9 Å². The Morgan fingerprint density at radius 2 is 2.00 bits per heavy atom. The molecule has 0 aliphatic heterocycles. The zero-order valence-electron chi connectivity index (χ0n) is 18.4. The molecule has 32 heavy (non-hydrogen) atoms. The number of carbonyl (C=O) groups is 1. The number of benzene rings is 2. The van der Waals surface area contributed by atoms with Crippen molar-refractivity contribution in [1.29, 1.82) is 0 Å². The minimum absolute atomic E-state index is 0.234. The number of methoxy groups -OCH3 is 1. The third kappa shape index (κ3) is 4.25. The first-order valence-electron chi connectivity index (χ1n) is 9.96. The lowest BCUT2D eigenvalue weighted by Gasteiger charge is -2.21. The van der Waals surface area contributed by atoms with Gasteiger partial charge in [-0.2, -0.15) is 10.1 Å². The number of nitrogens with one attached hydrogen (secondary N) is 3. The molecular formula is C22H24FN7O2. The van der Waals surface area contributed by atoms with Crippen LogP contribution < -0.4 is 15.4 Å². The van der Waals surface area contributed by atoms with Crippen molar-refractivity contribution >= 4 is 28.4 Å². The smallest absolute Gasteiger partial charge is 0.255 e. The number of fused-ring (bicyclic) bond motifs is 1. The molecule has 3 N–H and O–H groups in total. The Bertz CT molecular complexity index is 1300. The summed E-state index contributed by atoms with van der Waals surface area (Å²) in [6.45, 7) is 5.72. The van der Waals surface area contributed by atoms with Crippen molar-refractivity contribution in [2.75, 3.05) is 12.4 Å². The number of halogens is 1. The van der Waals surface area contributed by atoms with Crippen LogP contribution in [0.5, 0.6) is 5.75 Å². The molecule has 0 saturated carbocycles. The molecular weight excluding hydrogens is 413 g/mol. The molecule has 9 nitrogen and oxygen atoms in total. The zero-order chi connectivity index (χ0) is 23.0. The molecule has 0 aliphatic rings. The van der Waals surface area contributed by atoms with Gasteiger partial charge in [0.05, 0.1) is 30.1 Å². The lowest BCUT2D eigenvalue weighted by atomic mass is 10.1. The number of aryl methyl sites for hydroxylation is 1. The molecule has 2 heterocycles. The topological polar surface area (TPSA) is 110 Å². The van der Waals surface area contributed by atoms with E-state index in [0.29, 0.717) is 34.2 Å². The number of amides is 1. The van der Waals surface area contributed by atoms with Crippen LogP contribution in [0.4, 0.5) is 16.0 Å². The zero-order valence-corrected chi connectivity index (χ0v) is 18.4. The van der Waals surface area contributed by atoms with Crippen LogP contribution >= 0.6 is 0 Å². The summed E-state index contributed by atoms with van der Waals surface area (Å²) in [6.07, 6.45) is 1.62. The number of hydrogen-bond acceptors (Lipinski definition) is 6. The first-order valence-corrected chi connectivity index (χ1v) is 9.96. The molecule has 166 valence electrons. The minimum Gasteiger partial charge on any atom is -0.496 e. The molecule has 4 rings (SSSR count). The fourth-order valence-corrected chi connectivity index (χ4v) is 3.22. The van der Waals surface area contributed by atoms with Gasteiger partial charge in [-0.15, -0.1) is 5.10 Å². The fourth-order valence-electron chi connectivity index (χ4n) is 3.22. The SMILES string of the molecule is COc1cc(-c2nc(Nc3cc4cn[nH]c4cc3F)n(C)n2)ccc1C(=O)NC(C)(C)C. The highest BCUT2D eigenvalue weighted by molar-refractivity contribution is 5.98. The summed E-state index contributed by atoms with van der Waals surface area (Å²) in [7, 11) is 3.20. The summed E-state index contributed by atoms with van der Waals surface area (Å²) in [5.74, 6) is 0.489. The third-order valence-electron chi connectivity index (χ3n) is 4.73. The monoisotopic (exact) mass is 437 g/mol. The molecule has 1 amide bonds. The molecule has 0 bridgehead atoms. The van der Waals surface area contributed by atoms with E-state index in [-0.39, 0.29) is 17.1 Å². The van der Waals surface area contributed by atoms with Gasteiger partial charge >= 0.3 is 0 Å². The molecule has 2 aromatic heterocycles. The minimum atomic E-state index is -0.442. The summed E-state index contributed by atoms with van der Waals surface area (Å²) in [4.78, 5) is 17.1. The van der Waals surface area contributed by atoms with Gasteiger partial charge in [0.1, 0.15) is 11.6 Å². The Morgan fingerprint density at radius 3 is 2.72 bits per heavy atom. The van der Waals surface area contributed by atoms with Crippen molar-refractivity contribution in [2.45, 2.75) is 26.3 Å². The number of carbonyl (C=O) groups excluding carboxylic acids is 1. The molecule has 2 aromatic carbocycles. The summed E-state index contributed by atoms with van der Waals surface area (Å²) in [6, 6.07) is 8.14. The fraction of sp³-hybridized carbons (Fsp3) is 0.273. The van der Waals surface area contributed by atoms with Crippen molar-refractivity contribution in [3.8, 4) is 17.1 Å². The number of hydrogen-bond donors (Lipinski definition) is 3. The highest BCUT2D eigenvalue weighted by Gasteiger charge is 2.20. The van der Waals surface area contributed by atoms with Crippen molar-refractivity contribution in [3.63, 3.8) is 0 Å². The summed E-state index contributed by atoms with van der Waals surface area (Å²) in [5, 5.41) is 17.7. The first kappa shape index (κ1) is 21.3. The van der Waals surface area contributed by atoms with Gasteiger partial charge in [0.15, 0.2) is 5.82 Å². The van der Waals surface area contributed by atoms with Crippen molar-refractivity contribution < 1.29 is 13.9 Å². The van der Waals surface area contributed by atoms with Gasteiger partial charge in [0.2, 0.25) is 5.95 Å². The normalized spacial score (nSPS) is 11.6. The van der Waals surface area contributed by atoms with E-state index < -0.39 is 5.82 Å². The van der Waals surface area contributed by atoms with E-state index in [1.54, 1.807) is 37.5 Å². The van der Waals surface area contributed by atoms with Crippen LogP contribution in [0.1, 0.15) is 31.1 Å². The average molecular weight is 437 g/mol. The Hall–Kier alpha value is -3.95. The number of anilines is 2. The van der Waals surface area contributed by atoms with Gasteiger partial charge in [-0.25, -0.2) is 9.07 Å². The van der Waals surface area contributed by atoms with Crippen LogP contribution in [-0.4, -0.2) is 43.5 Å². The number of H-pyrrole nitrogens is 1. The van der Waals surface area contributed by atoms with Crippen LogP contribution in [0, 0.1) is 5.82 Å². The molecule has 0 saturated heterocycles. The number of aromatic amines is 1. The molecule has 0 spiro atoms. The largest absolute Gasteiger partial charge is 0.496 e. The maximum atomic E-state index is 14.5. The van der Waals surface area contributed by atoms with Crippen LogP contribution in [0.2, 0.25) is 0 Å². The molecule has 0 radical (unpaired) electrons. The second kappa shape index (κ2) is 7.95. The van der Waals surface area contributed by atoms with Gasteiger partial charge in [-0.3, -0.25) is 9.89 Å². The van der Waals surface area contributed by atoms with Gasteiger partial charge < -0.3 is 15.4 Å².